The number of halogens is 2. The first-order valence-electron chi connectivity index (χ1n) is 7.93. The van der Waals surface area contributed by atoms with E-state index in [2.05, 4.69) is 10.1 Å². The largest absolute Gasteiger partial charge is 0.372 e. The normalized spacial score (nSPS) is 15.9. The quantitative estimate of drug-likeness (QED) is 0.707. The maximum Gasteiger partial charge on any atom is 0.163 e. The molecule has 1 aliphatic heterocycles. The Balaban J connectivity index is 1.48. The highest BCUT2D eigenvalue weighted by molar-refractivity contribution is 6.42. The van der Waals surface area contributed by atoms with Crippen LogP contribution < -0.4 is 0 Å². The second kappa shape index (κ2) is 8.15. The third-order valence-corrected chi connectivity index (χ3v) is 4.76. The summed E-state index contributed by atoms with van der Waals surface area (Å²) in [6, 6.07) is 7.28. The van der Waals surface area contributed by atoms with Crippen molar-refractivity contribution in [3.05, 3.63) is 40.1 Å². The Kier molecular flexibility index (Phi) is 5.95. The van der Waals surface area contributed by atoms with E-state index < -0.39 is 0 Å². The van der Waals surface area contributed by atoms with Gasteiger partial charge in [-0.1, -0.05) is 40.8 Å². The number of aromatic nitrogens is 1. The molecular weight excluding hydrogens is 335 g/mol. The van der Waals surface area contributed by atoms with Gasteiger partial charge in [-0.25, -0.2) is 0 Å². The summed E-state index contributed by atoms with van der Waals surface area (Å²) in [7, 11) is 0. The zero-order chi connectivity index (χ0) is 16.1. The number of hydrogen-bond acceptors (Lipinski definition) is 4. The lowest BCUT2D eigenvalue weighted by Gasteiger charge is -2.25. The first-order valence-corrected chi connectivity index (χ1v) is 8.69. The minimum absolute atomic E-state index is 0.433. The Morgan fingerprint density at radius 2 is 1.91 bits per heavy atom. The first-order chi connectivity index (χ1) is 11.2. The summed E-state index contributed by atoms with van der Waals surface area (Å²) in [5.74, 6) is 0.713. The van der Waals surface area contributed by atoms with E-state index in [1.807, 2.05) is 12.1 Å². The Morgan fingerprint density at radius 3 is 2.70 bits per heavy atom. The van der Waals surface area contributed by atoms with E-state index >= 15 is 0 Å². The molecule has 1 aromatic carbocycles. The number of piperidine rings is 1. The van der Waals surface area contributed by atoms with Crippen molar-refractivity contribution in [2.45, 2.75) is 25.9 Å². The maximum absolute atomic E-state index is 6.03. The SMILES string of the molecule is Clc1ccc(-c2cc(COCCN3CCCCC3)on2)cc1Cl. The van der Waals surface area contributed by atoms with Crippen LogP contribution in [0, 0.1) is 0 Å². The highest BCUT2D eigenvalue weighted by Crippen LogP contribution is 2.28. The van der Waals surface area contributed by atoms with Crippen LogP contribution in [-0.4, -0.2) is 36.3 Å². The Morgan fingerprint density at radius 1 is 1.09 bits per heavy atom. The van der Waals surface area contributed by atoms with E-state index in [9.17, 15) is 0 Å². The topological polar surface area (TPSA) is 38.5 Å². The fourth-order valence-corrected chi connectivity index (χ4v) is 3.02. The van der Waals surface area contributed by atoms with Gasteiger partial charge >= 0.3 is 0 Å². The molecule has 0 saturated carbocycles. The van der Waals surface area contributed by atoms with Crippen molar-refractivity contribution in [1.82, 2.24) is 10.1 Å². The molecule has 6 heteroatoms. The maximum atomic E-state index is 6.03. The van der Waals surface area contributed by atoms with Crippen LogP contribution in [0.3, 0.4) is 0 Å². The lowest BCUT2D eigenvalue weighted by molar-refractivity contribution is 0.0733. The average molecular weight is 355 g/mol. The van der Waals surface area contributed by atoms with Gasteiger partial charge in [-0.2, -0.15) is 0 Å². The van der Waals surface area contributed by atoms with Crippen molar-refractivity contribution in [1.29, 1.82) is 0 Å². The van der Waals surface area contributed by atoms with Gasteiger partial charge in [0.15, 0.2) is 5.76 Å². The molecule has 0 N–H and O–H groups in total. The van der Waals surface area contributed by atoms with Gasteiger partial charge < -0.3 is 14.2 Å². The molecule has 0 spiro atoms. The third-order valence-electron chi connectivity index (χ3n) is 4.02. The van der Waals surface area contributed by atoms with E-state index in [4.69, 9.17) is 32.5 Å². The van der Waals surface area contributed by atoms with E-state index in [1.165, 1.54) is 32.4 Å². The second-order valence-electron chi connectivity index (χ2n) is 5.76. The Bertz CT molecular complexity index is 639. The number of hydrogen-bond donors (Lipinski definition) is 0. The molecule has 4 nitrogen and oxygen atoms in total. The molecule has 1 fully saturated rings. The molecule has 124 valence electrons. The van der Waals surface area contributed by atoms with E-state index in [1.54, 1.807) is 12.1 Å². The number of likely N-dealkylation sites (tertiary alicyclic amines) is 1. The number of ether oxygens (including phenoxy) is 1. The molecule has 0 atom stereocenters. The standard InChI is InChI=1S/C17H20Cl2N2O2/c18-15-5-4-13(10-16(15)19)17-11-14(23-20-17)12-22-9-8-21-6-2-1-3-7-21/h4-5,10-11H,1-3,6-9,12H2. The Hall–Kier alpha value is -1.07. The van der Waals surface area contributed by atoms with E-state index in [0.29, 0.717) is 29.0 Å². The molecule has 0 bridgehead atoms. The van der Waals surface area contributed by atoms with E-state index in [-0.39, 0.29) is 0 Å². The summed E-state index contributed by atoms with van der Waals surface area (Å²) >= 11 is 11.9. The molecule has 23 heavy (non-hydrogen) atoms. The van der Waals surface area contributed by atoms with Crippen molar-refractivity contribution in [3.8, 4) is 11.3 Å². The minimum atomic E-state index is 0.433. The summed E-state index contributed by atoms with van der Waals surface area (Å²) in [5, 5.41) is 5.09. The van der Waals surface area contributed by atoms with Gasteiger partial charge in [0.1, 0.15) is 12.3 Å². The van der Waals surface area contributed by atoms with Gasteiger partial charge in [-0.05, 0) is 38.1 Å². The number of benzene rings is 1. The average Bonchev–Trinajstić information content (AvgIpc) is 3.04. The van der Waals surface area contributed by atoms with Crippen LogP contribution in [-0.2, 0) is 11.3 Å². The predicted octanol–water partition coefficient (Wildman–Crippen LogP) is 4.65. The van der Waals surface area contributed by atoms with Gasteiger partial charge in [-0.3, -0.25) is 0 Å². The molecule has 1 aliphatic rings. The molecular formula is C17H20Cl2N2O2. The highest BCUT2D eigenvalue weighted by atomic mass is 35.5. The minimum Gasteiger partial charge on any atom is -0.372 e. The fourth-order valence-electron chi connectivity index (χ4n) is 2.72. The zero-order valence-electron chi connectivity index (χ0n) is 12.9. The summed E-state index contributed by atoms with van der Waals surface area (Å²) in [6.45, 7) is 4.50. The summed E-state index contributed by atoms with van der Waals surface area (Å²) in [5.41, 5.74) is 1.61. The van der Waals surface area contributed by atoms with Crippen LogP contribution in [0.1, 0.15) is 25.0 Å². The van der Waals surface area contributed by atoms with Crippen LogP contribution >= 0.6 is 23.2 Å². The monoisotopic (exact) mass is 354 g/mol. The number of rotatable bonds is 6. The molecule has 2 aromatic rings. The molecule has 0 radical (unpaired) electrons. The second-order valence-corrected chi connectivity index (χ2v) is 6.58. The molecule has 3 rings (SSSR count). The van der Waals surface area contributed by atoms with Crippen LogP contribution in [0.15, 0.2) is 28.8 Å². The van der Waals surface area contributed by atoms with E-state index in [0.717, 1.165) is 17.8 Å². The molecule has 0 amide bonds. The summed E-state index contributed by atoms with van der Waals surface area (Å²) in [6.07, 6.45) is 3.96. The lowest BCUT2D eigenvalue weighted by Crippen LogP contribution is -2.32. The highest BCUT2D eigenvalue weighted by Gasteiger charge is 2.11. The van der Waals surface area contributed by atoms with Crippen LogP contribution in [0.4, 0.5) is 0 Å². The van der Waals surface area contributed by atoms with Gasteiger partial charge in [0.25, 0.3) is 0 Å². The Labute approximate surface area is 146 Å². The fraction of sp³-hybridized carbons (Fsp3) is 0.471. The van der Waals surface area contributed by atoms with Crippen molar-refractivity contribution in [3.63, 3.8) is 0 Å². The van der Waals surface area contributed by atoms with Crippen LogP contribution in [0.5, 0.6) is 0 Å². The zero-order valence-corrected chi connectivity index (χ0v) is 14.4. The number of nitrogens with zero attached hydrogens (tertiary/aromatic N) is 2. The molecule has 1 aromatic heterocycles. The summed E-state index contributed by atoms with van der Waals surface area (Å²) < 4.78 is 11.0. The van der Waals surface area contributed by atoms with Crippen molar-refractivity contribution < 1.29 is 9.26 Å². The molecule has 0 aliphatic carbocycles. The molecule has 0 unspecified atom stereocenters. The van der Waals surface area contributed by atoms with Crippen molar-refractivity contribution in [2.24, 2.45) is 0 Å². The van der Waals surface area contributed by atoms with Gasteiger partial charge in [-0.15, -0.1) is 0 Å². The summed E-state index contributed by atoms with van der Waals surface area (Å²) in [4.78, 5) is 2.45. The third kappa shape index (κ3) is 4.70. The molecule has 2 heterocycles. The predicted molar refractivity (Wildman–Crippen MR) is 91.9 cm³/mol. The molecule has 1 saturated heterocycles. The van der Waals surface area contributed by atoms with Crippen LogP contribution in [0.2, 0.25) is 10.0 Å². The smallest absolute Gasteiger partial charge is 0.163 e. The first kappa shape index (κ1) is 16.8. The van der Waals surface area contributed by atoms with Crippen molar-refractivity contribution >= 4 is 23.2 Å². The van der Waals surface area contributed by atoms with Gasteiger partial charge in [0, 0.05) is 18.2 Å². The lowest BCUT2D eigenvalue weighted by atomic mass is 10.1. The van der Waals surface area contributed by atoms with Gasteiger partial charge in [0.05, 0.1) is 16.7 Å². The van der Waals surface area contributed by atoms with Crippen LogP contribution in [0.25, 0.3) is 11.3 Å². The van der Waals surface area contributed by atoms with Crippen molar-refractivity contribution in [2.75, 3.05) is 26.2 Å². The van der Waals surface area contributed by atoms with Gasteiger partial charge in [0.2, 0.25) is 0 Å².